The molecule has 0 saturated carbocycles. The summed E-state index contributed by atoms with van der Waals surface area (Å²) in [6, 6.07) is 9.76. The van der Waals surface area contributed by atoms with Crippen molar-refractivity contribution in [2.75, 3.05) is 39.8 Å². The molecule has 0 aromatic heterocycles. The molecule has 1 fully saturated rings. The van der Waals surface area contributed by atoms with Crippen molar-refractivity contribution in [2.45, 2.75) is 13.5 Å². The number of hydrogen-bond donors (Lipinski definition) is 0. The molecule has 1 heterocycles. The molecule has 2 rings (SSSR count). The predicted molar refractivity (Wildman–Crippen MR) is 81.6 cm³/mol. The van der Waals surface area contributed by atoms with Gasteiger partial charge in [0.15, 0.2) is 0 Å². The molecule has 0 unspecified atom stereocenters. The lowest BCUT2D eigenvalue weighted by Gasteiger charge is -2.33. The fraction of sp³-hybridized carbons (Fsp3) is 0.500. The molecule has 0 aliphatic carbocycles. The Hall–Kier alpha value is -1.88. The first kappa shape index (κ1) is 15.5. The number of piperazine rings is 1. The van der Waals surface area contributed by atoms with Crippen LogP contribution in [0.2, 0.25) is 0 Å². The Morgan fingerprint density at radius 2 is 1.71 bits per heavy atom. The van der Waals surface area contributed by atoms with Crippen molar-refractivity contribution in [3.8, 4) is 0 Å². The van der Waals surface area contributed by atoms with E-state index in [1.807, 2.05) is 44.3 Å². The molecule has 0 atom stereocenters. The Labute approximate surface area is 126 Å². The zero-order valence-corrected chi connectivity index (χ0v) is 12.8. The zero-order chi connectivity index (χ0) is 15.2. The fourth-order valence-electron chi connectivity index (χ4n) is 2.41. The average molecular weight is 289 g/mol. The van der Waals surface area contributed by atoms with E-state index in [2.05, 4.69) is 4.90 Å². The van der Waals surface area contributed by atoms with Gasteiger partial charge in [-0.25, -0.2) is 0 Å². The van der Waals surface area contributed by atoms with Crippen LogP contribution in [0.1, 0.15) is 12.5 Å². The first-order valence-corrected chi connectivity index (χ1v) is 7.42. The summed E-state index contributed by atoms with van der Waals surface area (Å²) in [6.45, 7) is 5.82. The number of nitrogens with zero attached hydrogens (tertiary/aromatic N) is 3. The summed E-state index contributed by atoms with van der Waals surface area (Å²) in [4.78, 5) is 30.1. The van der Waals surface area contributed by atoms with Crippen molar-refractivity contribution < 1.29 is 9.59 Å². The van der Waals surface area contributed by atoms with Gasteiger partial charge in [0.25, 0.3) is 0 Å². The normalized spacial score (nSPS) is 15.8. The van der Waals surface area contributed by atoms with Gasteiger partial charge in [0.05, 0.1) is 0 Å². The molecular weight excluding hydrogens is 266 g/mol. The number of hydrogen-bond acceptors (Lipinski definition) is 3. The van der Waals surface area contributed by atoms with Gasteiger partial charge in [0.2, 0.25) is 0 Å². The minimum absolute atomic E-state index is 0.374. The van der Waals surface area contributed by atoms with Crippen LogP contribution < -0.4 is 0 Å². The number of carbonyl (C=O) groups excluding carboxylic acids is 2. The summed E-state index contributed by atoms with van der Waals surface area (Å²) in [5.41, 5.74) is 1.04. The summed E-state index contributed by atoms with van der Waals surface area (Å²) in [5, 5.41) is 0. The van der Waals surface area contributed by atoms with E-state index >= 15 is 0 Å². The quantitative estimate of drug-likeness (QED) is 0.774. The fourth-order valence-corrected chi connectivity index (χ4v) is 2.41. The molecule has 1 aromatic carbocycles. The molecule has 21 heavy (non-hydrogen) atoms. The van der Waals surface area contributed by atoms with Gasteiger partial charge in [-0.2, -0.15) is 0 Å². The number of carbonyl (C=O) groups is 2. The molecule has 2 amide bonds. The largest absolute Gasteiger partial charge is 0.332 e. The van der Waals surface area contributed by atoms with E-state index in [0.29, 0.717) is 26.2 Å². The molecule has 5 heteroatoms. The monoisotopic (exact) mass is 289 g/mol. The van der Waals surface area contributed by atoms with Crippen LogP contribution in [0, 0.1) is 0 Å². The number of amides is 2. The summed E-state index contributed by atoms with van der Waals surface area (Å²) in [5.74, 6) is -0.771. The molecule has 0 spiro atoms. The second-order valence-corrected chi connectivity index (χ2v) is 5.40. The molecule has 0 radical (unpaired) electrons. The minimum Gasteiger partial charge on any atom is -0.332 e. The van der Waals surface area contributed by atoms with Crippen LogP contribution in [0.3, 0.4) is 0 Å². The van der Waals surface area contributed by atoms with Crippen molar-refractivity contribution in [3.63, 3.8) is 0 Å². The predicted octanol–water partition coefficient (Wildman–Crippen LogP) is 0.809. The smallest absolute Gasteiger partial charge is 0.312 e. The van der Waals surface area contributed by atoms with Crippen molar-refractivity contribution in [2.24, 2.45) is 0 Å². The van der Waals surface area contributed by atoms with E-state index in [1.165, 1.54) is 0 Å². The third-order valence-corrected chi connectivity index (χ3v) is 3.86. The second kappa shape index (κ2) is 7.22. The number of benzene rings is 1. The highest BCUT2D eigenvalue weighted by Crippen LogP contribution is 2.07. The standard InChI is InChI=1S/C16H23N3O2/c1-3-18(13-14-7-5-4-6-8-14)15(20)16(21)19-11-9-17(2)10-12-19/h4-8H,3,9-13H2,1-2H3. The van der Waals surface area contributed by atoms with Crippen LogP contribution in [0.5, 0.6) is 0 Å². The molecular formula is C16H23N3O2. The van der Waals surface area contributed by atoms with E-state index < -0.39 is 5.91 Å². The molecule has 1 aliphatic heterocycles. The Balaban J connectivity index is 1.97. The van der Waals surface area contributed by atoms with Crippen LogP contribution in [0.25, 0.3) is 0 Å². The summed E-state index contributed by atoms with van der Waals surface area (Å²) >= 11 is 0. The van der Waals surface area contributed by atoms with Gasteiger partial charge >= 0.3 is 11.8 Å². The maximum atomic E-state index is 12.4. The van der Waals surface area contributed by atoms with E-state index in [1.54, 1.807) is 9.80 Å². The van der Waals surface area contributed by atoms with Gasteiger partial charge in [-0.15, -0.1) is 0 Å². The van der Waals surface area contributed by atoms with Crippen LogP contribution in [-0.2, 0) is 16.1 Å². The summed E-state index contributed by atoms with van der Waals surface area (Å²) < 4.78 is 0. The average Bonchev–Trinajstić information content (AvgIpc) is 2.53. The van der Waals surface area contributed by atoms with Crippen LogP contribution in [-0.4, -0.2) is 66.3 Å². The first-order chi connectivity index (χ1) is 10.1. The molecule has 114 valence electrons. The highest BCUT2D eigenvalue weighted by Gasteiger charge is 2.28. The molecule has 5 nitrogen and oxygen atoms in total. The Morgan fingerprint density at radius 1 is 1.10 bits per heavy atom. The van der Waals surface area contributed by atoms with Crippen molar-refractivity contribution in [1.82, 2.24) is 14.7 Å². The van der Waals surface area contributed by atoms with Gasteiger partial charge in [0.1, 0.15) is 0 Å². The Kier molecular flexibility index (Phi) is 5.33. The highest BCUT2D eigenvalue weighted by atomic mass is 16.2. The molecule has 1 aromatic rings. The molecule has 0 N–H and O–H groups in total. The maximum absolute atomic E-state index is 12.4. The lowest BCUT2D eigenvalue weighted by Crippen LogP contribution is -2.52. The van der Waals surface area contributed by atoms with Gasteiger partial charge in [-0.3, -0.25) is 9.59 Å². The van der Waals surface area contributed by atoms with Crippen molar-refractivity contribution in [1.29, 1.82) is 0 Å². The van der Waals surface area contributed by atoms with Crippen molar-refractivity contribution >= 4 is 11.8 Å². The number of likely N-dealkylation sites (N-methyl/N-ethyl adjacent to an activating group) is 2. The lowest BCUT2D eigenvalue weighted by atomic mass is 10.2. The van der Waals surface area contributed by atoms with Gasteiger partial charge < -0.3 is 14.7 Å². The van der Waals surface area contributed by atoms with Crippen LogP contribution in [0.4, 0.5) is 0 Å². The lowest BCUT2D eigenvalue weighted by molar-refractivity contribution is -0.153. The molecule has 1 saturated heterocycles. The van der Waals surface area contributed by atoms with Gasteiger partial charge in [-0.1, -0.05) is 30.3 Å². The zero-order valence-electron chi connectivity index (χ0n) is 12.8. The summed E-state index contributed by atoms with van der Waals surface area (Å²) in [7, 11) is 2.03. The van der Waals surface area contributed by atoms with Gasteiger partial charge in [-0.05, 0) is 19.5 Å². The van der Waals surface area contributed by atoms with Gasteiger partial charge in [0, 0.05) is 39.3 Å². The Bertz CT molecular complexity index is 482. The Morgan fingerprint density at radius 3 is 2.29 bits per heavy atom. The topological polar surface area (TPSA) is 43.9 Å². The van der Waals surface area contributed by atoms with E-state index in [4.69, 9.17) is 0 Å². The summed E-state index contributed by atoms with van der Waals surface area (Å²) in [6.07, 6.45) is 0. The molecule has 1 aliphatic rings. The highest BCUT2D eigenvalue weighted by molar-refractivity contribution is 6.34. The van der Waals surface area contributed by atoms with Crippen molar-refractivity contribution in [3.05, 3.63) is 35.9 Å². The molecule has 0 bridgehead atoms. The van der Waals surface area contributed by atoms with Crippen LogP contribution in [0.15, 0.2) is 30.3 Å². The second-order valence-electron chi connectivity index (χ2n) is 5.40. The van der Waals surface area contributed by atoms with E-state index in [9.17, 15) is 9.59 Å². The van der Waals surface area contributed by atoms with E-state index in [-0.39, 0.29) is 5.91 Å². The third-order valence-electron chi connectivity index (χ3n) is 3.86. The number of rotatable bonds is 3. The maximum Gasteiger partial charge on any atom is 0.312 e. The van der Waals surface area contributed by atoms with E-state index in [0.717, 1.165) is 18.7 Å². The third kappa shape index (κ3) is 4.04. The SMILES string of the molecule is CCN(Cc1ccccc1)C(=O)C(=O)N1CCN(C)CC1. The minimum atomic E-state index is -0.397. The van der Waals surface area contributed by atoms with Crippen LogP contribution >= 0.6 is 0 Å². The first-order valence-electron chi connectivity index (χ1n) is 7.42.